The fourth-order valence-electron chi connectivity index (χ4n) is 2.88. The van der Waals surface area contributed by atoms with Crippen molar-refractivity contribution >= 4 is 0 Å². The lowest BCUT2D eigenvalue weighted by Crippen LogP contribution is -2.11. The smallest absolute Gasteiger partial charge is 0.127 e. The van der Waals surface area contributed by atoms with Crippen LogP contribution in [0.15, 0.2) is 72.8 Å². The van der Waals surface area contributed by atoms with Gasteiger partial charge in [-0.2, -0.15) is 0 Å². The van der Waals surface area contributed by atoms with Crippen molar-refractivity contribution in [1.29, 1.82) is 0 Å². The van der Waals surface area contributed by atoms with E-state index in [4.69, 9.17) is 0 Å². The third-order valence-electron chi connectivity index (χ3n) is 4.12. The van der Waals surface area contributed by atoms with Gasteiger partial charge in [-0.15, -0.1) is 0 Å². The Morgan fingerprint density at radius 1 is 0.652 bits per heavy atom. The Hall–Kier alpha value is -2.54. The fourth-order valence-corrected chi connectivity index (χ4v) is 2.88. The van der Waals surface area contributed by atoms with E-state index < -0.39 is 0 Å². The molecule has 0 aliphatic carbocycles. The van der Waals surface area contributed by atoms with E-state index in [0.717, 1.165) is 22.3 Å². The summed E-state index contributed by atoms with van der Waals surface area (Å²) in [4.78, 5) is 0. The number of phenolic OH excluding ortho intramolecular Hbond substituents is 1. The number of benzene rings is 3. The average Bonchev–Trinajstić information content (AvgIpc) is 2.55. The van der Waals surface area contributed by atoms with E-state index in [2.05, 4.69) is 45.0 Å². The van der Waals surface area contributed by atoms with Gasteiger partial charge >= 0.3 is 0 Å². The number of hydrogen-bond donors (Lipinski definition) is 1. The van der Waals surface area contributed by atoms with Crippen molar-refractivity contribution in [1.82, 2.24) is 0 Å². The Morgan fingerprint density at radius 2 is 1.26 bits per heavy atom. The highest BCUT2D eigenvalue weighted by Gasteiger charge is 2.20. The molecule has 0 bridgehead atoms. The van der Waals surface area contributed by atoms with Gasteiger partial charge in [0.15, 0.2) is 0 Å². The second kappa shape index (κ2) is 5.92. The van der Waals surface area contributed by atoms with E-state index in [9.17, 15) is 5.11 Å². The Balaban J connectivity index is 2.10. The molecule has 0 heterocycles. The van der Waals surface area contributed by atoms with Crippen molar-refractivity contribution in [2.75, 3.05) is 0 Å². The zero-order valence-corrected chi connectivity index (χ0v) is 13.9. The molecule has 23 heavy (non-hydrogen) atoms. The minimum absolute atomic E-state index is 0.0862. The van der Waals surface area contributed by atoms with Crippen LogP contribution in [0.5, 0.6) is 5.75 Å². The summed E-state index contributed by atoms with van der Waals surface area (Å²) in [5, 5.41) is 10.7. The van der Waals surface area contributed by atoms with E-state index in [1.165, 1.54) is 5.56 Å². The van der Waals surface area contributed by atoms with Gasteiger partial charge in [0.1, 0.15) is 5.75 Å². The summed E-state index contributed by atoms with van der Waals surface area (Å²) < 4.78 is 0. The first-order valence-electron chi connectivity index (χ1n) is 7.95. The van der Waals surface area contributed by atoms with Gasteiger partial charge in [-0.25, -0.2) is 0 Å². The molecular weight excluding hydrogens is 280 g/mol. The minimum Gasteiger partial charge on any atom is -0.507 e. The molecule has 0 saturated heterocycles. The molecular formula is C22H22O. The van der Waals surface area contributed by atoms with Crippen LogP contribution in [-0.2, 0) is 5.41 Å². The zero-order chi connectivity index (χ0) is 16.4. The number of para-hydroxylation sites is 1. The first-order valence-corrected chi connectivity index (χ1v) is 7.95. The molecule has 0 unspecified atom stereocenters. The van der Waals surface area contributed by atoms with Gasteiger partial charge in [0.25, 0.3) is 0 Å². The van der Waals surface area contributed by atoms with Gasteiger partial charge < -0.3 is 5.11 Å². The molecule has 0 aliphatic rings. The summed E-state index contributed by atoms with van der Waals surface area (Å²) in [6, 6.07) is 24.6. The number of phenols is 1. The minimum atomic E-state index is -0.0862. The highest BCUT2D eigenvalue weighted by Crippen LogP contribution is 2.39. The van der Waals surface area contributed by atoms with Gasteiger partial charge in [-0.1, -0.05) is 87.5 Å². The fraction of sp³-hybridized carbons (Fsp3) is 0.182. The van der Waals surface area contributed by atoms with Crippen molar-refractivity contribution < 1.29 is 5.11 Å². The Morgan fingerprint density at radius 3 is 1.96 bits per heavy atom. The predicted octanol–water partition coefficient (Wildman–Crippen LogP) is 6.02. The van der Waals surface area contributed by atoms with E-state index >= 15 is 0 Å². The van der Waals surface area contributed by atoms with Crippen LogP contribution < -0.4 is 0 Å². The van der Waals surface area contributed by atoms with Crippen LogP contribution in [0.1, 0.15) is 26.3 Å². The van der Waals surface area contributed by atoms with Crippen molar-refractivity contribution in [3.63, 3.8) is 0 Å². The molecule has 3 rings (SSSR count). The lowest BCUT2D eigenvalue weighted by molar-refractivity contribution is 0.448. The van der Waals surface area contributed by atoms with Crippen molar-refractivity contribution in [3.05, 3.63) is 78.4 Å². The Bertz CT molecular complexity index is 811. The molecule has 0 atom stereocenters. The van der Waals surface area contributed by atoms with E-state index in [0.29, 0.717) is 5.75 Å². The maximum atomic E-state index is 10.7. The molecule has 1 heteroatoms. The van der Waals surface area contributed by atoms with Gasteiger partial charge in [0.05, 0.1) is 0 Å². The first kappa shape index (κ1) is 15.4. The summed E-state index contributed by atoms with van der Waals surface area (Å²) >= 11 is 0. The van der Waals surface area contributed by atoms with Gasteiger partial charge in [-0.3, -0.25) is 0 Å². The second-order valence-electron chi connectivity index (χ2n) is 6.90. The molecule has 0 fully saturated rings. The first-order chi connectivity index (χ1) is 11.0. The van der Waals surface area contributed by atoms with Crippen LogP contribution >= 0.6 is 0 Å². The molecule has 0 saturated carbocycles. The molecule has 3 aromatic rings. The molecule has 0 aromatic heterocycles. The molecule has 1 N–H and O–H groups in total. The Kier molecular flexibility index (Phi) is 3.96. The van der Waals surface area contributed by atoms with Crippen molar-refractivity contribution in [2.45, 2.75) is 26.2 Å². The van der Waals surface area contributed by atoms with Crippen molar-refractivity contribution in [3.8, 4) is 28.0 Å². The van der Waals surface area contributed by atoms with Crippen LogP contribution in [-0.4, -0.2) is 5.11 Å². The van der Waals surface area contributed by atoms with Crippen molar-refractivity contribution in [2.24, 2.45) is 0 Å². The third kappa shape index (κ3) is 3.14. The maximum Gasteiger partial charge on any atom is 0.127 e. The summed E-state index contributed by atoms with van der Waals surface area (Å²) in [5.41, 5.74) is 5.15. The van der Waals surface area contributed by atoms with E-state index in [-0.39, 0.29) is 5.41 Å². The summed E-state index contributed by atoms with van der Waals surface area (Å²) in [7, 11) is 0. The van der Waals surface area contributed by atoms with Crippen LogP contribution in [0.3, 0.4) is 0 Å². The molecule has 0 aliphatic heterocycles. The largest absolute Gasteiger partial charge is 0.507 e. The Labute approximate surface area is 138 Å². The third-order valence-corrected chi connectivity index (χ3v) is 4.12. The van der Waals surface area contributed by atoms with Gasteiger partial charge in [-0.05, 0) is 33.7 Å². The lowest BCUT2D eigenvalue weighted by atomic mass is 9.84. The van der Waals surface area contributed by atoms with Crippen LogP contribution in [0.4, 0.5) is 0 Å². The molecule has 3 aromatic carbocycles. The molecule has 0 amide bonds. The van der Waals surface area contributed by atoms with E-state index in [1.54, 1.807) is 0 Å². The maximum absolute atomic E-state index is 10.7. The molecule has 116 valence electrons. The topological polar surface area (TPSA) is 20.2 Å². The molecule has 1 nitrogen and oxygen atoms in total. The lowest BCUT2D eigenvalue weighted by Gasteiger charge is -2.22. The summed E-state index contributed by atoms with van der Waals surface area (Å²) in [6.45, 7) is 6.35. The summed E-state index contributed by atoms with van der Waals surface area (Å²) in [5.74, 6) is 0.380. The average molecular weight is 302 g/mol. The highest BCUT2D eigenvalue weighted by molar-refractivity contribution is 5.77. The highest BCUT2D eigenvalue weighted by atomic mass is 16.3. The molecule has 0 spiro atoms. The monoisotopic (exact) mass is 302 g/mol. The van der Waals surface area contributed by atoms with Crippen LogP contribution in [0.25, 0.3) is 22.3 Å². The standard InChI is InChI=1S/C22H22O/c1-22(2,3)20-14-8-13-19(21(20)23)18-12-7-11-17(15-18)16-9-5-4-6-10-16/h4-15,23H,1-3H3. The van der Waals surface area contributed by atoms with Gasteiger partial charge in [0, 0.05) is 5.56 Å². The summed E-state index contributed by atoms with van der Waals surface area (Å²) in [6.07, 6.45) is 0. The number of hydrogen-bond acceptors (Lipinski definition) is 1. The van der Waals surface area contributed by atoms with Crippen LogP contribution in [0, 0.1) is 0 Å². The van der Waals surface area contributed by atoms with Gasteiger partial charge in [0.2, 0.25) is 0 Å². The van der Waals surface area contributed by atoms with E-state index in [1.807, 2.05) is 48.5 Å². The normalized spacial score (nSPS) is 11.4. The van der Waals surface area contributed by atoms with Crippen LogP contribution in [0.2, 0.25) is 0 Å². The number of aromatic hydroxyl groups is 1. The SMILES string of the molecule is CC(C)(C)c1cccc(-c2cccc(-c3ccccc3)c2)c1O. The predicted molar refractivity (Wildman–Crippen MR) is 97.7 cm³/mol. The zero-order valence-electron chi connectivity index (χ0n) is 13.9. The quantitative estimate of drug-likeness (QED) is 0.613. The number of rotatable bonds is 2. The second-order valence-corrected chi connectivity index (χ2v) is 6.90. The molecule has 0 radical (unpaired) electrons.